The molecule has 0 heterocycles. The molecule has 102 valence electrons. The Morgan fingerprint density at radius 1 is 1.18 bits per heavy atom. The molecule has 0 aromatic rings. The summed E-state index contributed by atoms with van der Waals surface area (Å²) in [7, 11) is 0. The van der Waals surface area contributed by atoms with E-state index in [2.05, 4.69) is 33.0 Å². The van der Waals surface area contributed by atoms with Crippen molar-refractivity contribution in [3.63, 3.8) is 0 Å². The fourth-order valence-electron chi connectivity index (χ4n) is 3.09. The van der Waals surface area contributed by atoms with Gasteiger partial charge in [-0.25, -0.2) is 0 Å². The maximum absolute atomic E-state index is 5.88. The van der Waals surface area contributed by atoms with Crippen molar-refractivity contribution in [1.29, 1.82) is 0 Å². The SMILES string of the molecule is CCCNC(COC(C)C)C1(CC)CCCC1. The quantitative estimate of drug-likeness (QED) is 0.699. The number of nitrogens with one attached hydrogen (secondary N) is 1. The molecule has 2 nitrogen and oxygen atoms in total. The lowest BCUT2D eigenvalue weighted by atomic mass is 9.76. The molecule has 1 unspecified atom stereocenters. The largest absolute Gasteiger partial charge is 0.377 e. The van der Waals surface area contributed by atoms with E-state index in [9.17, 15) is 0 Å². The Labute approximate surface area is 108 Å². The van der Waals surface area contributed by atoms with Crippen molar-refractivity contribution in [1.82, 2.24) is 5.32 Å². The van der Waals surface area contributed by atoms with Gasteiger partial charge in [0.1, 0.15) is 0 Å². The van der Waals surface area contributed by atoms with Crippen molar-refractivity contribution in [2.24, 2.45) is 5.41 Å². The van der Waals surface area contributed by atoms with E-state index in [4.69, 9.17) is 4.74 Å². The zero-order chi connectivity index (χ0) is 12.7. The maximum Gasteiger partial charge on any atom is 0.0628 e. The zero-order valence-corrected chi connectivity index (χ0v) is 12.2. The van der Waals surface area contributed by atoms with Gasteiger partial charge in [-0.1, -0.05) is 26.7 Å². The third-order valence-corrected chi connectivity index (χ3v) is 4.28. The first kappa shape index (κ1) is 15.0. The van der Waals surface area contributed by atoms with E-state index in [1.165, 1.54) is 38.5 Å². The topological polar surface area (TPSA) is 21.3 Å². The molecule has 1 fully saturated rings. The summed E-state index contributed by atoms with van der Waals surface area (Å²) in [6.07, 6.45) is 8.41. The molecule has 0 spiro atoms. The Bertz CT molecular complexity index is 197. The van der Waals surface area contributed by atoms with Gasteiger partial charge in [0, 0.05) is 6.04 Å². The molecule has 17 heavy (non-hydrogen) atoms. The average molecular weight is 241 g/mol. The smallest absolute Gasteiger partial charge is 0.0628 e. The summed E-state index contributed by atoms with van der Waals surface area (Å²) in [4.78, 5) is 0. The van der Waals surface area contributed by atoms with Crippen LogP contribution in [0.2, 0.25) is 0 Å². The maximum atomic E-state index is 5.88. The van der Waals surface area contributed by atoms with Crippen molar-refractivity contribution < 1.29 is 4.74 Å². The predicted molar refractivity (Wildman–Crippen MR) is 74.4 cm³/mol. The van der Waals surface area contributed by atoms with E-state index in [0.29, 0.717) is 17.6 Å². The number of hydrogen-bond acceptors (Lipinski definition) is 2. The second-order valence-corrected chi connectivity index (χ2v) is 5.81. The third kappa shape index (κ3) is 4.26. The average Bonchev–Trinajstić information content (AvgIpc) is 2.78. The molecule has 0 radical (unpaired) electrons. The van der Waals surface area contributed by atoms with Crippen LogP contribution in [0.5, 0.6) is 0 Å². The molecule has 0 aromatic heterocycles. The van der Waals surface area contributed by atoms with Crippen LogP contribution < -0.4 is 5.32 Å². The van der Waals surface area contributed by atoms with Gasteiger partial charge in [-0.2, -0.15) is 0 Å². The fourth-order valence-corrected chi connectivity index (χ4v) is 3.09. The molecule has 1 aliphatic carbocycles. The first-order chi connectivity index (χ1) is 8.14. The molecular weight excluding hydrogens is 210 g/mol. The Morgan fingerprint density at radius 2 is 1.82 bits per heavy atom. The van der Waals surface area contributed by atoms with Crippen LogP contribution in [-0.2, 0) is 4.74 Å². The van der Waals surface area contributed by atoms with Crippen LogP contribution in [0.25, 0.3) is 0 Å². The molecule has 2 heteroatoms. The molecule has 0 amide bonds. The summed E-state index contributed by atoms with van der Waals surface area (Å²) >= 11 is 0. The summed E-state index contributed by atoms with van der Waals surface area (Å²) in [6, 6.07) is 0.553. The summed E-state index contributed by atoms with van der Waals surface area (Å²) in [6.45, 7) is 10.8. The lowest BCUT2D eigenvalue weighted by molar-refractivity contribution is 0.0223. The summed E-state index contributed by atoms with van der Waals surface area (Å²) in [5.74, 6) is 0. The minimum atomic E-state index is 0.344. The summed E-state index contributed by atoms with van der Waals surface area (Å²) < 4.78 is 5.88. The van der Waals surface area contributed by atoms with Gasteiger partial charge in [-0.05, 0) is 51.5 Å². The van der Waals surface area contributed by atoms with Crippen LogP contribution in [0.1, 0.15) is 66.2 Å². The van der Waals surface area contributed by atoms with Gasteiger partial charge in [0.2, 0.25) is 0 Å². The highest BCUT2D eigenvalue weighted by atomic mass is 16.5. The minimum Gasteiger partial charge on any atom is -0.377 e. The Morgan fingerprint density at radius 3 is 2.29 bits per heavy atom. The molecule has 0 aliphatic heterocycles. The number of rotatable bonds is 8. The van der Waals surface area contributed by atoms with Crippen molar-refractivity contribution in [2.75, 3.05) is 13.2 Å². The molecule has 1 aliphatic rings. The second-order valence-electron chi connectivity index (χ2n) is 5.81. The zero-order valence-electron chi connectivity index (χ0n) is 12.2. The molecule has 1 N–H and O–H groups in total. The van der Waals surface area contributed by atoms with E-state index < -0.39 is 0 Å². The molecule has 0 saturated heterocycles. The van der Waals surface area contributed by atoms with Gasteiger partial charge in [-0.15, -0.1) is 0 Å². The lowest BCUT2D eigenvalue weighted by Crippen LogP contribution is -2.47. The van der Waals surface area contributed by atoms with E-state index in [0.717, 1.165) is 13.2 Å². The molecule has 1 saturated carbocycles. The van der Waals surface area contributed by atoms with E-state index in [1.54, 1.807) is 0 Å². The Balaban J connectivity index is 2.58. The standard InChI is InChI=1S/C15H31NO/c1-5-11-16-14(12-17-13(3)4)15(6-2)9-7-8-10-15/h13-14,16H,5-12H2,1-4H3. The molecular formula is C15H31NO. The fraction of sp³-hybridized carbons (Fsp3) is 1.00. The number of hydrogen-bond donors (Lipinski definition) is 1. The highest BCUT2D eigenvalue weighted by molar-refractivity contribution is 4.94. The van der Waals surface area contributed by atoms with Crippen molar-refractivity contribution >= 4 is 0 Å². The first-order valence-corrected chi connectivity index (χ1v) is 7.49. The van der Waals surface area contributed by atoms with Crippen LogP contribution in [-0.4, -0.2) is 25.3 Å². The van der Waals surface area contributed by atoms with Gasteiger partial charge in [0.05, 0.1) is 12.7 Å². The Kier molecular flexibility index (Phi) is 6.50. The van der Waals surface area contributed by atoms with Crippen LogP contribution >= 0.6 is 0 Å². The third-order valence-electron chi connectivity index (χ3n) is 4.28. The van der Waals surface area contributed by atoms with Gasteiger partial charge in [-0.3, -0.25) is 0 Å². The van der Waals surface area contributed by atoms with Crippen LogP contribution in [0.15, 0.2) is 0 Å². The molecule has 0 aromatic carbocycles. The van der Waals surface area contributed by atoms with Crippen LogP contribution in [0, 0.1) is 5.41 Å². The van der Waals surface area contributed by atoms with Gasteiger partial charge >= 0.3 is 0 Å². The highest BCUT2D eigenvalue weighted by Gasteiger charge is 2.39. The van der Waals surface area contributed by atoms with Gasteiger partial charge < -0.3 is 10.1 Å². The van der Waals surface area contributed by atoms with Crippen molar-refractivity contribution in [2.45, 2.75) is 78.4 Å². The summed E-state index contributed by atoms with van der Waals surface area (Å²) in [5.41, 5.74) is 0.504. The second kappa shape index (κ2) is 7.38. The van der Waals surface area contributed by atoms with Gasteiger partial charge in [0.25, 0.3) is 0 Å². The minimum absolute atomic E-state index is 0.344. The molecule has 0 bridgehead atoms. The highest BCUT2D eigenvalue weighted by Crippen LogP contribution is 2.44. The normalized spacial score (nSPS) is 21.0. The molecule has 1 atom stereocenters. The molecule has 1 rings (SSSR count). The van der Waals surface area contributed by atoms with Crippen molar-refractivity contribution in [3.8, 4) is 0 Å². The van der Waals surface area contributed by atoms with Gasteiger partial charge in [0.15, 0.2) is 0 Å². The first-order valence-electron chi connectivity index (χ1n) is 7.49. The summed E-state index contributed by atoms with van der Waals surface area (Å²) in [5, 5.41) is 3.73. The van der Waals surface area contributed by atoms with E-state index in [-0.39, 0.29) is 0 Å². The predicted octanol–water partition coefficient (Wildman–Crippen LogP) is 3.75. The van der Waals surface area contributed by atoms with E-state index in [1.807, 2.05) is 0 Å². The monoisotopic (exact) mass is 241 g/mol. The number of ether oxygens (including phenoxy) is 1. The van der Waals surface area contributed by atoms with Crippen LogP contribution in [0.3, 0.4) is 0 Å². The van der Waals surface area contributed by atoms with E-state index >= 15 is 0 Å². The van der Waals surface area contributed by atoms with Crippen molar-refractivity contribution in [3.05, 3.63) is 0 Å². The van der Waals surface area contributed by atoms with Crippen LogP contribution in [0.4, 0.5) is 0 Å². The Hall–Kier alpha value is -0.0800. The lowest BCUT2D eigenvalue weighted by Gasteiger charge is -2.38.